The van der Waals surface area contributed by atoms with Crippen molar-refractivity contribution >= 4 is 16.7 Å². The van der Waals surface area contributed by atoms with Crippen LogP contribution in [0.1, 0.15) is 17.5 Å². The van der Waals surface area contributed by atoms with E-state index >= 15 is 0 Å². The summed E-state index contributed by atoms with van der Waals surface area (Å²) in [7, 11) is 0. The van der Waals surface area contributed by atoms with Gasteiger partial charge in [-0.3, -0.25) is 10.1 Å². The number of fused-ring (bicyclic) bond motifs is 1. The first-order chi connectivity index (χ1) is 13.6. The van der Waals surface area contributed by atoms with Gasteiger partial charge in [0.1, 0.15) is 5.82 Å². The number of hydrogen-bond acceptors (Lipinski definition) is 3. The molecular formula is C23H21N3O2. The van der Waals surface area contributed by atoms with E-state index in [0.717, 1.165) is 47.4 Å². The Labute approximate surface area is 163 Å². The first-order valence-electron chi connectivity index (χ1n) is 9.38. The second kappa shape index (κ2) is 7.64. The molecule has 0 aliphatic rings. The van der Waals surface area contributed by atoms with Crippen LogP contribution >= 0.6 is 0 Å². The number of hydrogen-bond donors (Lipinski definition) is 0. The van der Waals surface area contributed by atoms with Crippen LogP contribution in [0.5, 0.6) is 0 Å². The average molecular weight is 371 g/mol. The fourth-order valence-corrected chi connectivity index (χ4v) is 3.55. The van der Waals surface area contributed by atoms with E-state index in [1.165, 1.54) is 17.7 Å². The molecule has 0 radical (unpaired) electrons. The first kappa shape index (κ1) is 17.9. The summed E-state index contributed by atoms with van der Waals surface area (Å²) in [6, 6.07) is 23.3. The molecule has 1 aromatic heterocycles. The Hall–Kier alpha value is -3.47. The third kappa shape index (κ3) is 3.51. The van der Waals surface area contributed by atoms with Crippen molar-refractivity contribution < 1.29 is 4.92 Å². The highest BCUT2D eigenvalue weighted by molar-refractivity contribution is 5.83. The van der Waals surface area contributed by atoms with Gasteiger partial charge in [0.2, 0.25) is 0 Å². The summed E-state index contributed by atoms with van der Waals surface area (Å²) in [5, 5.41) is 11.0. The highest BCUT2D eigenvalue weighted by atomic mass is 16.6. The number of nitro groups is 1. The number of imidazole rings is 1. The van der Waals surface area contributed by atoms with E-state index in [0.29, 0.717) is 0 Å². The smallest absolute Gasteiger partial charge is 0.269 e. The van der Waals surface area contributed by atoms with Gasteiger partial charge in [-0.2, -0.15) is 0 Å². The zero-order chi connectivity index (χ0) is 19.5. The van der Waals surface area contributed by atoms with Crippen LogP contribution in [0, 0.1) is 17.0 Å². The van der Waals surface area contributed by atoms with Crippen molar-refractivity contribution in [1.29, 1.82) is 0 Å². The molecule has 3 aromatic carbocycles. The molecule has 0 amide bonds. The number of aromatic nitrogens is 2. The van der Waals surface area contributed by atoms with Gasteiger partial charge in [-0.25, -0.2) is 4.98 Å². The first-order valence-corrected chi connectivity index (χ1v) is 9.38. The summed E-state index contributed by atoms with van der Waals surface area (Å²) in [6.07, 6.45) is 1.98. The Morgan fingerprint density at radius 3 is 2.43 bits per heavy atom. The molecule has 0 aliphatic heterocycles. The lowest BCUT2D eigenvalue weighted by Crippen LogP contribution is -2.02. The van der Waals surface area contributed by atoms with Gasteiger partial charge in [-0.05, 0) is 49.1 Å². The Morgan fingerprint density at radius 1 is 0.964 bits per heavy atom. The lowest BCUT2D eigenvalue weighted by molar-refractivity contribution is -0.384. The number of aryl methyl sites for hydroxylation is 3. The van der Waals surface area contributed by atoms with Crippen LogP contribution in [0.2, 0.25) is 0 Å². The summed E-state index contributed by atoms with van der Waals surface area (Å²) < 4.78 is 2.23. The van der Waals surface area contributed by atoms with Crippen LogP contribution in [-0.4, -0.2) is 14.5 Å². The molecule has 5 nitrogen and oxygen atoms in total. The fourth-order valence-electron chi connectivity index (χ4n) is 3.55. The molecule has 4 aromatic rings. The maximum atomic E-state index is 11.0. The number of nitrogens with zero attached hydrogens (tertiary/aromatic N) is 3. The van der Waals surface area contributed by atoms with E-state index in [4.69, 9.17) is 4.98 Å². The molecule has 0 saturated heterocycles. The Bertz CT molecular complexity index is 1120. The van der Waals surface area contributed by atoms with Crippen LogP contribution in [0.15, 0.2) is 72.8 Å². The molecule has 0 atom stereocenters. The van der Waals surface area contributed by atoms with Crippen molar-refractivity contribution in [2.24, 2.45) is 0 Å². The molecular weight excluding hydrogens is 350 g/mol. The van der Waals surface area contributed by atoms with Crippen LogP contribution in [0.4, 0.5) is 5.69 Å². The number of rotatable bonds is 6. The zero-order valence-corrected chi connectivity index (χ0v) is 15.7. The summed E-state index contributed by atoms with van der Waals surface area (Å²) in [5.41, 5.74) is 5.51. The topological polar surface area (TPSA) is 61.0 Å². The Balaban J connectivity index is 1.69. The van der Waals surface area contributed by atoms with Crippen molar-refractivity contribution in [3.8, 4) is 11.4 Å². The van der Waals surface area contributed by atoms with Gasteiger partial charge in [0.25, 0.3) is 5.69 Å². The normalized spacial score (nSPS) is 11.0. The molecule has 0 saturated carbocycles. The van der Waals surface area contributed by atoms with Gasteiger partial charge in [0, 0.05) is 24.2 Å². The molecule has 0 fully saturated rings. The maximum Gasteiger partial charge on any atom is 0.269 e. The molecule has 0 spiro atoms. The lowest BCUT2D eigenvalue weighted by Gasteiger charge is -2.10. The van der Waals surface area contributed by atoms with Crippen LogP contribution in [-0.2, 0) is 13.0 Å². The van der Waals surface area contributed by atoms with E-state index in [9.17, 15) is 10.1 Å². The van der Waals surface area contributed by atoms with E-state index in [2.05, 4.69) is 47.9 Å². The summed E-state index contributed by atoms with van der Waals surface area (Å²) in [5.74, 6) is 0.854. The van der Waals surface area contributed by atoms with E-state index in [1.54, 1.807) is 12.1 Å². The molecule has 0 unspecified atom stereocenters. The van der Waals surface area contributed by atoms with Gasteiger partial charge in [0.15, 0.2) is 0 Å². The fraction of sp³-hybridized carbons (Fsp3) is 0.174. The minimum Gasteiger partial charge on any atom is -0.324 e. The number of para-hydroxylation sites is 1. The second-order valence-corrected chi connectivity index (χ2v) is 6.92. The molecule has 140 valence electrons. The summed E-state index contributed by atoms with van der Waals surface area (Å²) in [6.45, 7) is 2.89. The summed E-state index contributed by atoms with van der Waals surface area (Å²) in [4.78, 5) is 15.5. The number of non-ortho nitro benzene ring substituents is 1. The van der Waals surface area contributed by atoms with Crippen LogP contribution in [0.25, 0.3) is 22.4 Å². The quantitative estimate of drug-likeness (QED) is 0.330. The van der Waals surface area contributed by atoms with Crippen molar-refractivity contribution in [1.82, 2.24) is 9.55 Å². The average Bonchev–Trinajstić information content (AvgIpc) is 3.09. The summed E-state index contributed by atoms with van der Waals surface area (Å²) >= 11 is 0. The monoisotopic (exact) mass is 371 g/mol. The number of benzene rings is 3. The standard InChI is InChI=1S/C23H21N3O2/c1-17-7-5-11-21-22(17)24-23(19-12-14-20(15-13-19)26(27)28)25(21)16-6-10-18-8-3-2-4-9-18/h2-5,7-9,11-15H,6,10,16H2,1H3. The van der Waals surface area contributed by atoms with Crippen molar-refractivity contribution in [3.63, 3.8) is 0 Å². The second-order valence-electron chi connectivity index (χ2n) is 6.92. The highest BCUT2D eigenvalue weighted by Crippen LogP contribution is 2.28. The van der Waals surface area contributed by atoms with Gasteiger partial charge >= 0.3 is 0 Å². The van der Waals surface area contributed by atoms with Gasteiger partial charge in [0.05, 0.1) is 16.0 Å². The largest absolute Gasteiger partial charge is 0.324 e. The molecule has 1 heterocycles. The third-order valence-corrected chi connectivity index (χ3v) is 5.01. The lowest BCUT2D eigenvalue weighted by atomic mass is 10.1. The molecule has 0 bridgehead atoms. The van der Waals surface area contributed by atoms with Crippen molar-refractivity contribution in [3.05, 3.63) is 94.0 Å². The third-order valence-electron chi connectivity index (χ3n) is 5.01. The molecule has 0 aliphatic carbocycles. The van der Waals surface area contributed by atoms with Gasteiger partial charge in [-0.15, -0.1) is 0 Å². The zero-order valence-electron chi connectivity index (χ0n) is 15.7. The van der Waals surface area contributed by atoms with Crippen LogP contribution < -0.4 is 0 Å². The maximum absolute atomic E-state index is 11.0. The van der Waals surface area contributed by atoms with Gasteiger partial charge in [-0.1, -0.05) is 42.5 Å². The highest BCUT2D eigenvalue weighted by Gasteiger charge is 2.15. The van der Waals surface area contributed by atoms with E-state index < -0.39 is 0 Å². The molecule has 28 heavy (non-hydrogen) atoms. The van der Waals surface area contributed by atoms with Crippen LogP contribution in [0.3, 0.4) is 0 Å². The molecule has 4 rings (SSSR count). The Kier molecular flexibility index (Phi) is 4.89. The van der Waals surface area contributed by atoms with Crippen molar-refractivity contribution in [2.45, 2.75) is 26.3 Å². The Morgan fingerprint density at radius 2 is 1.71 bits per heavy atom. The predicted molar refractivity (Wildman–Crippen MR) is 111 cm³/mol. The number of nitro benzene ring substituents is 1. The minimum absolute atomic E-state index is 0.0895. The molecule has 0 N–H and O–H groups in total. The molecule has 5 heteroatoms. The SMILES string of the molecule is Cc1cccc2c1nc(-c1ccc([N+](=O)[O-])cc1)n2CCCc1ccccc1. The predicted octanol–water partition coefficient (Wildman–Crippen LogP) is 5.55. The van der Waals surface area contributed by atoms with E-state index in [-0.39, 0.29) is 10.6 Å². The van der Waals surface area contributed by atoms with Crippen molar-refractivity contribution in [2.75, 3.05) is 0 Å². The van der Waals surface area contributed by atoms with Gasteiger partial charge < -0.3 is 4.57 Å². The van der Waals surface area contributed by atoms with E-state index in [1.807, 2.05) is 12.1 Å². The minimum atomic E-state index is -0.378.